The Balaban J connectivity index is 1.52. The van der Waals surface area contributed by atoms with Crippen molar-refractivity contribution in [2.24, 2.45) is 0 Å². The van der Waals surface area contributed by atoms with Crippen LogP contribution in [-0.2, 0) is 6.54 Å². The van der Waals surface area contributed by atoms with Crippen molar-refractivity contribution in [3.8, 4) is 0 Å². The van der Waals surface area contributed by atoms with Gasteiger partial charge in [0.2, 0.25) is 0 Å². The molecular formula is C24H28ClN3O. The van der Waals surface area contributed by atoms with E-state index in [2.05, 4.69) is 46.8 Å². The second-order valence-electron chi connectivity index (χ2n) is 7.96. The van der Waals surface area contributed by atoms with Crippen LogP contribution < -0.4 is 5.32 Å². The van der Waals surface area contributed by atoms with Crippen molar-refractivity contribution in [1.82, 2.24) is 14.8 Å². The Kier molecular flexibility index (Phi) is 5.93. The van der Waals surface area contributed by atoms with Gasteiger partial charge in [0.05, 0.1) is 0 Å². The molecule has 0 saturated carbocycles. The Morgan fingerprint density at radius 2 is 1.79 bits per heavy atom. The van der Waals surface area contributed by atoms with Gasteiger partial charge in [0.25, 0.3) is 5.91 Å². The summed E-state index contributed by atoms with van der Waals surface area (Å²) in [4.78, 5) is 15.0. The molecule has 0 atom stereocenters. The van der Waals surface area contributed by atoms with Crippen LogP contribution in [0, 0.1) is 13.8 Å². The first-order valence-electron chi connectivity index (χ1n) is 10.4. The van der Waals surface area contributed by atoms with Gasteiger partial charge < -0.3 is 14.8 Å². The molecule has 152 valence electrons. The van der Waals surface area contributed by atoms with Gasteiger partial charge in [-0.1, -0.05) is 23.7 Å². The van der Waals surface area contributed by atoms with E-state index in [0.29, 0.717) is 6.54 Å². The quantitative estimate of drug-likeness (QED) is 0.635. The van der Waals surface area contributed by atoms with E-state index in [4.69, 9.17) is 11.6 Å². The summed E-state index contributed by atoms with van der Waals surface area (Å²) in [5.74, 6) is 0.00796. The van der Waals surface area contributed by atoms with Gasteiger partial charge in [-0.15, -0.1) is 0 Å². The lowest BCUT2D eigenvalue weighted by atomic mass is 10.1. The third kappa shape index (κ3) is 4.34. The number of nitrogens with zero attached hydrogens (tertiary/aromatic N) is 2. The molecule has 5 heteroatoms. The topological polar surface area (TPSA) is 37.3 Å². The van der Waals surface area contributed by atoms with Crippen LogP contribution in [0.4, 0.5) is 0 Å². The van der Waals surface area contributed by atoms with Crippen LogP contribution in [0.1, 0.15) is 40.0 Å². The summed E-state index contributed by atoms with van der Waals surface area (Å²) in [5.41, 5.74) is 5.54. The number of nitrogens with one attached hydrogen (secondary N) is 1. The number of fused-ring (bicyclic) bond motifs is 1. The van der Waals surface area contributed by atoms with Crippen LogP contribution in [0.25, 0.3) is 10.9 Å². The molecule has 1 amide bonds. The van der Waals surface area contributed by atoms with Crippen molar-refractivity contribution in [3.63, 3.8) is 0 Å². The molecule has 29 heavy (non-hydrogen) atoms. The van der Waals surface area contributed by atoms with E-state index >= 15 is 0 Å². The number of rotatable bonds is 6. The van der Waals surface area contributed by atoms with E-state index in [0.717, 1.165) is 47.7 Å². The molecule has 1 saturated heterocycles. The molecule has 0 aliphatic carbocycles. The maximum absolute atomic E-state index is 12.6. The number of aromatic nitrogens is 1. The van der Waals surface area contributed by atoms with Crippen molar-refractivity contribution in [1.29, 1.82) is 0 Å². The molecule has 0 spiro atoms. The summed E-state index contributed by atoms with van der Waals surface area (Å²) in [5, 5.41) is 4.97. The Bertz CT molecular complexity index is 1020. The number of carbonyl (C=O) groups excluding carboxylic acids is 1. The van der Waals surface area contributed by atoms with Gasteiger partial charge in [0.15, 0.2) is 0 Å². The molecule has 4 nitrogen and oxygen atoms in total. The van der Waals surface area contributed by atoms with Crippen LogP contribution in [0.5, 0.6) is 0 Å². The Morgan fingerprint density at radius 1 is 1.07 bits per heavy atom. The lowest BCUT2D eigenvalue weighted by Gasteiger charge is -2.14. The van der Waals surface area contributed by atoms with Crippen LogP contribution in [-0.4, -0.2) is 41.6 Å². The van der Waals surface area contributed by atoms with Gasteiger partial charge in [0, 0.05) is 46.8 Å². The van der Waals surface area contributed by atoms with Crippen LogP contribution in [0.3, 0.4) is 0 Å². The molecule has 1 aromatic heterocycles. The molecule has 1 N–H and O–H groups in total. The highest BCUT2D eigenvalue weighted by molar-refractivity contribution is 6.30. The summed E-state index contributed by atoms with van der Waals surface area (Å²) in [7, 11) is 0. The van der Waals surface area contributed by atoms with Crippen molar-refractivity contribution in [3.05, 3.63) is 69.9 Å². The number of aryl methyl sites for hydroxylation is 1. The van der Waals surface area contributed by atoms with Crippen molar-refractivity contribution < 1.29 is 4.79 Å². The molecule has 0 bridgehead atoms. The predicted octanol–water partition coefficient (Wildman–Crippen LogP) is 4.79. The standard InChI is InChI=1S/C24H28ClN3O/c1-17-18(2)28(16-19-5-8-21(25)9-6-19)23-10-7-20(15-22(17)23)24(29)26-11-14-27-12-3-4-13-27/h5-10,15H,3-4,11-14,16H2,1-2H3,(H,26,29). The Morgan fingerprint density at radius 3 is 2.52 bits per heavy atom. The molecule has 2 heterocycles. The molecule has 3 aromatic rings. The highest BCUT2D eigenvalue weighted by Crippen LogP contribution is 2.27. The van der Waals surface area contributed by atoms with Gasteiger partial charge >= 0.3 is 0 Å². The third-order valence-electron chi connectivity index (χ3n) is 6.07. The second-order valence-corrected chi connectivity index (χ2v) is 8.40. The number of hydrogen-bond donors (Lipinski definition) is 1. The molecule has 0 radical (unpaired) electrons. The number of amides is 1. The second kappa shape index (κ2) is 8.60. The first kappa shape index (κ1) is 20.0. The molecule has 1 aliphatic rings. The van der Waals surface area contributed by atoms with Gasteiger partial charge in [-0.3, -0.25) is 4.79 Å². The van der Waals surface area contributed by atoms with Gasteiger partial charge in [0.1, 0.15) is 0 Å². The number of hydrogen-bond acceptors (Lipinski definition) is 2. The molecule has 1 aliphatic heterocycles. The lowest BCUT2D eigenvalue weighted by molar-refractivity contribution is 0.0950. The predicted molar refractivity (Wildman–Crippen MR) is 120 cm³/mol. The fourth-order valence-corrected chi connectivity index (χ4v) is 4.33. The average molecular weight is 410 g/mol. The maximum atomic E-state index is 12.6. The number of likely N-dealkylation sites (tertiary alicyclic amines) is 1. The molecule has 2 aromatic carbocycles. The monoisotopic (exact) mass is 409 g/mol. The fourth-order valence-electron chi connectivity index (χ4n) is 4.20. The van der Waals surface area contributed by atoms with Gasteiger partial charge in [-0.25, -0.2) is 0 Å². The zero-order valence-electron chi connectivity index (χ0n) is 17.2. The fraction of sp³-hybridized carbons (Fsp3) is 0.375. The van der Waals surface area contributed by atoms with E-state index < -0.39 is 0 Å². The minimum absolute atomic E-state index is 0.00796. The highest BCUT2D eigenvalue weighted by atomic mass is 35.5. The first-order chi connectivity index (χ1) is 14.0. The van der Waals surface area contributed by atoms with E-state index in [-0.39, 0.29) is 5.91 Å². The number of carbonyl (C=O) groups is 1. The van der Waals surface area contributed by atoms with E-state index in [1.165, 1.54) is 29.7 Å². The summed E-state index contributed by atoms with van der Waals surface area (Å²) in [6, 6.07) is 14.0. The molecule has 4 rings (SSSR count). The molecular weight excluding hydrogens is 382 g/mol. The van der Waals surface area contributed by atoms with Gasteiger partial charge in [-0.05, 0) is 81.2 Å². The largest absolute Gasteiger partial charge is 0.351 e. The van der Waals surface area contributed by atoms with Crippen LogP contribution >= 0.6 is 11.6 Å². The summed E-state index contributed by atoms with van der Waals surface area (Å²) >= 11 is 6.02. The number of halogens is 1. The minimum atomic E-state index is 0.00796. The van der Waals surface area contributed by atoms with E-state index in [9.17, 15) is 4.79 Å². The van der Waals surface area contributed by atoms with Crippen molar-refractivity contribution in [2.75, 3.05) is 26.2 Å². The van der Waals surface area contributed by atoms with Crippen LogP contribution in [0.15, 0.2) is 42.5 Å². The zero-order valence-corrected chi connectivity index (χ0v) is 17.9. The summed E-state index contributed by atoms with van der Waals surface area (Å²) in [6.07, 6.45) is 2.55. The summed E-state index contributed by atoms with van der Waals surface area (Å²) < 4.78 is 2.31. The van der Waals surface area contributed by atoms with Crippen molar-refractivity contribution in [2.45, 2.75) is 33.2 Å². The third-order valence-corrected chi connectivity index (χ3v) is 6.32. The molecule has 0 unspecified atom stereocenters. The normalized spacial score (nSPS) is 14.6. The average Bonchev–Trinajstić information content (AvgIpc) is 3.32. The minimum Gasteiger partial charge on any atom is -0.351 e. The van der Waals surface area contributed by atoms with E-state index in [1.54, 1.807) is 0 Å². The van der Waals surface area contributed by atoms with Gasteiger partial charge in [-0.2, -0.15) is 0 Å². The van der Waals surface area contributed by atoms with Crippen LogP contribution in [0.2, 0.25) is 5.02 Å². The molecule has 1 fully saturated rings. The Hall–Kier alpha value is -2.30. The number of benzene rings is 2. The Labute approximate surface area is 177 Å². The smallest absolute Gasteiger partial charge is 0.251 e. The summed E-state index contributed by atoms with van der Waals surface area (Å²) in [6.45, 7) is 9.00. The first-order valence-corrected chi connectivity index (χ1v) is 10.7. The lowest BCUT2D eigenvalue weighted by Crippen LogP contribution is -2.33. The maximum Gasteiger partial charge on any atom is 0.251 e. The highest BCUT2D eigenvalue weighted by Gasteiger charge is 2.15. The zero-order chi connectivity index (χ0) is 20.4. The van der Waals surface area contributed by atoms with E-state index in [1.807, 2.05) is 24.3 Å². The van der Waals surface area contributed by atoms with Crippen molar-refractivity contribution >= 4 is 28.4 Å². The SMILES string of the molecule is Cc1c(C)n(Cc2ccc(Cl)cc2)c2ccc(C(=O)NCCN3CCCC3)cc12.